The van der Waals surface area contributed by atoms with Gasteiger partial charge in [0, 0.05) is 25.8 Å². The van der Waals surface area contributed by atoms with Gasteiger partial charge >= 0.3 is 5.97 Å². The molecule has 0 spiro atoms. The Hall–Kier alpha value is 0.810. The Balaban J connectivity index is 0. The van der Waals surface area contributed by atoms with Crippen LogP contribution in [0.2, 0.25) is 0 Å². The molecule has 0 saturated carbocycles. The van der Waals surface area contributed by atoms with Gasteiger partial charge in [0.05, 0.1) is 3.58 Å². The largest absolute Gasteiger partial charge is 0.477 e. The second-order valence-electron chi connectivity index (χ2n) is 0.710. The van der Waals surface area contributed by atoms with Gasteiger partial charge in [-0.15, -0.1) is 0 Å². The first kappa shape index (κ1) is 10.7. The van der Waals surface area contributed by atoms with Gasteiger partial charge in [-0.05, 0) is 22.6 Å². The first-order valence-corrected chi connectivity index (χ1v) is 2.30. The number of hydrogen-bond donors (Lipinski definition) is 1. The van der Waals surface area contributed by atoms with Crippen molar-refractivity contribution < 1.29 is 9.90 Å². The third kappa shape index (κ3) is 6.81. The first-order chi connectivity index (χ1) is 2.64. The van der Waals surface area contributed by atoms with E-state index in [0.29, 0.717) is 0 Å². The van der Waals surface area contributed by atoms with E-state index >= 15 is 0 Å². The zero-order valence-corrected chi connectivity index (χ0v) is 8.97. The summed E-state index contributed by atoms with van der Waals surface area (Å²) in [5, 5.41) is 7.88. The molecule has 0 aliphatic rings. The zero-order valence-electron chi connectivity index (χ0n) is 3.52. The van der Waals surface area contributed by atoms with Crippen LogP contribution in [-0.4, -0.2) is 36.9 Å². The van der Waals surface area contributed by atoms with Crippen molar-refractivity contribution in [3.05, 3.63) is 10.2 Å². The quantitative estimate of drug-likeness (QED) is 0.570. The number of hydrogen-bond acceptors (Lipinski definition) is 1. The Bertz CT molecular complexity index is 78.9. The van der Waals surface area contributed by atoms with Crippen molar-refractivity contribution in [2.75, 3.05) is 0 Å². The van der Waals surface area contributed by atoms with Crippen molar-refractivity contribution in [2.24, 2.45) is 0 Å². The molecule has 0 heterocycles. The summed E-state index contributed by atoms with van der Waals surface area (Å²) in [5.74, 6) is -0.949. The Morgan fingerprint density at radius 1 is 1.71 bits per heavy atom. The van der Waals surface area contributed by atoms with E-state index in [-0.39, 0.29) is 29.4 Å². The van der Waals surface area contributed by atoms with Gasteiger partial charge < -0.3 is 5.11 Å². The summed E-state index contributed by atoms with van der Waals surface area (Å²) in [6.07, 6.45) is 0. The van der Waals surface area contributed by atoms with E-state index in [1.54, 1.807) is 22.6 Å². The van der Waals surface area contributed by atoms with Crippen LogP contribution in [0.25, 0.3) is 0 Å². The topological polar surface area (TPSA) is 37.3 Å². The van der Waals surface area contributed by atoms with Gasteiger partial charge in [-0.25, -0.2) is 4.79 Å². The van der Waals surface area contributed by atoms with Crippen LogP contribution in [0.4, 0.5) is 0 Å². The van der Waals surface area contributed by atoms with E-state index in [2.05, 4.69) is 6.58 Å². The molecule has 0 unspecified atom stereocenters. The van der Waals surface area contributed by atoms with Crippen molar-refractivity contribution in [1.82, 2.24) is 0 Å². The van der Waals surface area contributed by atoms with Crippen molar-refractivity contribution >= 4 is 54.4 Å². The molecule has 37 valence electrons. The van der Waals surface area contributed by atoms with Crippen molar-refractivity contribution in [3.63, 3.8) is 0 Å². The number of carbonyl (C=O) groups is 1. The molecule has 1 N–H and O–H groups in total. The number of halogens is 1. The average Bonchev–Trinajstić information content (AvgIpc) is 1.36. The van der Waals surface area contributed by atoms with E-state index in [9.17, 15) is 4.79 Å². The molecule has 0 aromatic carbocycles. The number of rotatable bonds is 1. The van der Waals surface area contributed by atoms with Gasteiger partial charge in [-0.3, -0.25) is 0 Å². The SMILES string of the molecule is C=C(I)C(=O)O.[In]. The average molecular weight is 313 g/mol. The molecule has 0 amide bonds. The van der Waals surface area contributed by atoms with Crippen LogP contribution in [0, 0.1) is 0 Å². The van der Waals surface area contributed by atoms with E-state index in [1.165, 1.54) is 0 Å². The maximum absolute atomic E-state index is 9.59. The fourth-order valence-electron chi connectivity index (χ4n) is 0. The third-order valence-electron chi connectivity index (χ3n) is 0.232. The van der Waals surface area contributed by atoms with Gasteiger partial charge in [-0.1, -0.05) is 6.58 Å². The molecular weight excluding hydrogens is 310 g/mol. The number of carboxylic acid groups (broad SMARTS) is 1. The van der Waals surface area contributed by atoms with E-state index in [1.807, 2.05) is 0 Å². The summed E-state index contributed by atoms with van der Waals surface area (Å²) in [4.78, 5) is 9.59. The second kappa shape index (κ2) is 4.96. The summed E-state index contributed by atoms with van der Waals surface area (Å²) in [5.41, 5.74) is 0. The van der Waals surface area contributed by atoms with Gasteiger partial charge in [0.2, 0.25) is 0 Å². The van der Waals surface area contributed by atoms with E-state index in [4.69, 9.17) is 5.11 Å². The summed E-state index contributed by atoms with van der Waals surface area (Å²) in [6, 6.07) is 0. The van der Waals surface area contributed by atoms with Gasteiger partial charge in [0.25, 0.3) is 0 Å². The molecule has 0 rings (SSSR count). The van der Waals surface area contributed by atoms with Gasteiger partial charge in [0.15, 0.2) is 0 Å². The van der Waals surface area contributed by atoms with Crippen molar-refractivity contribution in [2.45, 2.75) is 0 Å². The molecular formula is C3H3IInO2. The van der Waals surface area contributed by atoms with E-state index in [0.717, 1.165) is 0 Å². The molecule has 0 saturated heterocycles. The number of aliphatic carboxylic acids is 1. The van der Waals surface area contributed by atoms with Gasteiger partial charge in [-0.2, -0.15) is 0 Å². The van der Waals surface area contributed by atoms with Crippen LogP contribution in [0.5, 0.6) is 0 Å². The Morgan fingerprint density at radius 3 is 1.86 bits per heavy atom. The zero-order chi connectivity index (χ0) is 5.15. The third-order valence-corrected chi connectivity index (χ3v) is 0.693. The molecule has 0 atom stereocenters. The smallest absolute Gasteiger partial charge is 0.341 e. The predicted octanol–water partition coefficient (Wildman–Crippen LogP) is 0.639. The molecule has 0 aliphatic heterocycles. The fourth-order valence-corrected chi connectivity index (χ4v) is 0. The minimum atomic E-state index is -0.949. The Morgan fingerprint density at radius 2 is 1.86 bits per heavy atom. The standard InChI is InChI=1S/C3H3IO2.In/c1-2(4)3(5)6;/h1H2,(H,5,6);. The van der Waals surface area contributed by atoms with Crippen LogP contribution in [0.1, 0.15) is 0 Å². The number of carboxylic acids is 1. The van der Waals surface area contributed by atoms with Crippen LogP contribution in [-0.2, 0) is 4.79 Å². The van der Waals surface area contributed by atoms with Crippen LogP contribution >= 0.6 is 22.6 Å². The maximum Gasteiger partial charge on any atom is 0.341 e. The summed E-state index contributed by atoms with van der Waals surface area (Å²) in [7, 11) is 0. The summed E-state index contributed by atoms with van der Waals surface area (Å²) in [6.45, 7) is 3.14. The molecule has 3 radical (unpaired) electrons. The molecule has 0 fully saturated rings. The summed E-state index contributed by atoms with van der Waals surface area (Å²) >= 11 is 1.64. The molecule has 0 aliphatic carbocycles. The minimum Gasteiger partial charge on any atom is -0.477 e. The minimum absolute atomic E-state index is 0. The Labute approximate surface area is 73.9 Å². The first-order valence-electron chi connectivity index (χ1n) is 1.22. The monoisotopic (exact) mass is 313 g/mol. The van der Waals surface area contributed by atoms with Crippen LogP contribution in [0.3, 0.4) is 0 Å². The molecule has 4 heteroatoms. The summed E-state index contributed by atoms with van der Waals surface area (Å²) < 4.78 is 0.146. The molecule has 7 heavy (non-hydrogen) atoms. The normalized spacial score (nSPS) is 6.43. The Kier molecular flexibility index (Phi) is 7.60. The maximum atomic E-state index is 9.59. The molecule has 0 aromatic heterocycles. The van der Waals surface area contributed by atoms with E-state index < -0.39 is 5.97 Å². The van der Waals surface area contributed by atoms with Crippen molar-refractivity contribution in [1.29, 1.82) is 0 Å². The molecule has 0 bridgehead atoms. The molecule has 2 nitrogen and oxygen atoms in total. The second-order valence-corrected chi connectivity index (χ2v) is 2.01. The fraction of sp³-hybridized carbons (Fsp3) is 0. The predicted molar refractivity (Wildman–Crippen MR) is 36.5 cm³/mol. The van der Waals surface area contributed by atoms with Gasteiger partial charge in [0.1, 0.15) is 0 Å². The van der Waals surface area contributed by atoms with Crippen LogP contribution in [0.15, 0.2) is 10.2 Å². The van der Waals surface area contributed by atoms with Crippen molar-refractivity contribution in [3.8, 4) is 0 Å². The van der Waals surface area contributed by atoms with Crippen LogP contribution < -0.4 is 0 Å². The molecule has 0 aromatic rings.